The fourth-order valence-corrected chi connectivity index (χ4v) is 2.50. The molecule has 0 unspecified atom stereocenters. The van der Waals surface area contributed by atoms with E-state index in [2.05, 4.69) is 10.6 Å². The van der Waals surface area contributed by atoms with E-state index in [-0.39, 0.29) is 19.1 Å². The predicted octanol–water partition coefficient (Wildman–Crippen LogP) is 3.04. The molecular weight excluding hydrogens is 360 g/mol. The third-order valence-corrected chi connectivity index (χ3v) is 3.85. The van der Waals surface area contributed by atoms with Crippen molar-refractivity contribution in [1.82, 2.24) is 5.32 Å². The van der Waals surface area contributed by atoms with Crippen LogP contribution >= 0.6 is 0 Å². The monoisotopic (exact) mass is 378 g/mol. The first-order valence-electron chi connectivity index (χ1n) is 8.54. The van der Waals surface area contributed by atoms with Crippen LogP contribution in [0.1, 0.15) is 26.5 Å². The molecule has 1 heterocycles. The van der Waals surface area contributed by atoms with Crippen molar-refractivity contribution in [3.05, 3.63) is 83.8 Å². The number of para-hydroxylation sites is 2. The lowest BCUT2D eigenvalue weighted by Crippen LogP contribution is -2.26. The van der Waals surface area contributed by atoms with Gasteiger partial charge in [-0.1, -0.05) is 24.3 Å². The zero-order valence-corrected chi connectivity index (χ0v) is 14.9. The van der Waals surface area contributed by atoms with Gasteiger partial charge in [0.05, 0.1) is 29.6 Å². The van der Waals surface area contributed by atoms with Crippen LogP contribution in [0.15, 0.2) is 71.3 Å². The van der Waals surface area contributed by atoms with E-state index < -0.39 is 5.91 Å². The Hall–Kier alpha value is -3.87. The second-order valence-corrected chi connectivity index (χ2v) is 5.80. The zero-order chi connectivity index (χ0) is 19.8. The first-order valence-corrected chi connectivity index (χ1v) is 8.54. The minimum absolute atomic E-state index is 0.236. The molecule has 2 N–H and O–H groups in total. The molecule has 3 aromatic rings. The van der Waals surface area contributed by atoms with Gasteiger partial charge in [-0.15, -0.1) is 0 Å². The smallest absolute Gasteiger partial charge is 0.262 e. The van der Waals surface area contributed by atoms with E-state index in [1.807, 2.05) is 0 Å². The molecule has 28 heavy (non-hydrogen) atoms. The van der Waals surface area contributed by atoms with Gasteiger partial charge in [0.2, 0.25) is 0 Å². The highest BCUT2D eigenvalue weighted by Gasteiger charge is 2.14. The third kappa shape index (κ3) is 4.85. The van der Waals surface area contributed by atoms with Crippen molar-refractivity contribution in [2.45, 2.75) is 6.54 Å². The maximum absolute atomic E-state index is 12.4. The maximum Gasteiger partial charge on any atom is 0.262 e. The summed E-state index contributed by atoms with van der Waals surface area (Å²) in [6, 6.07) is 16.7. The van der Waals surface area contributed by atoms with Crippen LogP contribution in [0.3, 0.4) is 0 Å². The zero-order valence-electron chi connectivity index (χ0n) is 14.9. The molecule has 0 saturated heterocycles. The first-order chi connectivity index (χ1) is 13.7. The Morgan fingerprint density at radius 1 is 1.00 bits per heavy atom. The van der Waals surface area contributed by atoms with Crippen molar-refractivity contribution < 1.29 is 23.5 Å². The summed E-state index contributed by atoms with van der Waals surface area (Å²) in [5.41, 5.74) is 1.03. The van der Waals surface area contributed by atoms with Gasteiger partial charge >= 0.3 is 0 Å². The van der Waals surface area contributed by atoms with Gasteiger partial charge in [-0.05, 0) is 36.4 Å². The topological polar surface area (TPSA) is 97.6 Å². The van der Waals surface area contributed by atoms with E-state index in [0.29, 0.717) is 34.6 Å². The lowest BCUT2D eigenvalue weighted by Gasteiger charge is -2.12. The summed E-state index contributed by atoms with van der Waals surface area (Å²) in [4.78, 5) is 35.7. The maximum atomic E-state index is 12.4. The number of anilines is 1. The number of furan rings is 1. The molecule has 2 aromatic carbocycles. The van der Waals surface area contributed by atoms with Gasteiger partial charge in [0, 0.05) is 0 Å². The Morgan fingerprint density at radius 2 is 1.79 bits per heavy atom. The van der Waals surface area contributed by atoms with Crippen molar-refractivity contribution >= 4 is 23.8 Å². The largest absolute Gasteiger partial charge is 0.483 e. The molecule has 7 heteroatoms. The molecule has 0 radical (unpaired) electrons. The van der Waals surface area contributed by atoms with Crippen LogP contribution in [0.2, 0.25) is 0 Å². The normalized spacial score (nSPS) is 10.1. The molecule has 1 aromatic heterocycles. The molecule has 0 saturated carbocycles. The summed E-state index contributed by atoms with van der Waals surface area (Å²) in [5.74, 6) is 0.140. The molecule has 0 bridgehead atoms. The van der Waals surface area contributed by atoms with Crippen LogP contribution in [-0.4, -0.2) is 24.7 Å². The fourth-order valence-electron chi connectivity index (χ4n) is 2.50. The van der Waals surface area contributed by atoms with E-state index in [1.165, 1.54) is 6.26 Å². The molecule has 0 atom stereocenters. The predicted molar refractivity (Wildman–Crippen MR) is 102 cm³/mol. The average Bonchev–Trinajstić information content (AvgIpc) is 3.25. The second kappa shape index (κ2) is 9.18. The van der Waals surface area contributed by atoms with Gasteiger partial charge in [0.15, 0.2) is 12.9 Å². The summed E-state index contributed by atoms with van der Waals surface area (Å²) < 4.78 is 10.6. The van der Waals surface area contributed by atoms with Crippen molar-refractivity contribution in [2.24, 2.45) is 0 Å². The van der Waals surface area contributed by atoms with Crippen LogP contribution in [0.4, 0.5) is 5.69 Å². The van der Waals surface area contributed by atoms with Gasteiger partial charge < -0.3 is 19.8 Å². The number of aldehydes is 1. The second-order valence-electron chi connectivity index (χ2n) is 5.80. The van der Waals surface area contributed by atoms with Crippen LogP contribution in [0, 0.1) is 0 Å². The molecule has 2 amide bonds. The van der Waals surface area contributed by atoms with Gasteiger partial charge in [0.1, 0.15) is 11.5 Å². The minimum atomic E-state index is -0.452. The number of hydrogen-bond donors (Lipinski definition) is 2. The summed E-state index contributed by atoms with van der Waals surface area (Å²) >= 11 is 0. The number of carbonyl (C=O) groups is 3. The van der Waals surface area contributed by atoms with E-state index in [1.54, 1.807) is 60.7 Å². The van der Waals surface area contributed by atoms with Crippen molar-refractivity contribution in [3.63, 3.8) is 0 Å². The highest BCUT2D eigenvalue weighted by atomic mass is 16.5. The lowest BCUT2D eigenvalue weighted by atomic mass is 10.1. The Kier molecular flexibility index (Phi) is 6.20. The van der Waals surface area contributed by atoms with Crippen molar-refractivity contribution in [2.75, 3.05) is 11.9 Å². The number of hydrogen-bond acceptors (Lipinski definition) is 5. The summed E-state index contributed by atoms with van der Waals surface area (Å²) in [7, 11) is 0. The average molecular weight is 378 g/mol. The number of ether oxygens (including phenoxy) is 1. The fraction of sp³-hybridized carbons (Fsp3) is 0.0952. The van der Waals surface area contributed by atoms with Crippen LogP contribution < -0.4 is 15.4 Å². The Bertz CT molecular complexity index is 966. The van der Waals surface area contributed by atoms with E-state index in [9.17, 15) is 14.4 Å². The molecule has 142 valence electrons. The number of rotatable bonds is 8. The van der Waals surface area contributed by atoms with Gasteiger partial charge in [-0.2, -0.15) is 0 Å². The highest BCUT2D eigenvalue weighted by Crippen LogP contribution is 2.17. The summed E-state index contributed by atoms with van der Waals surface area (Å²) in [5, 5.41) is 5.39. The molecule has 0 spiro atoms. The Balaban J connectivity index is 1.61. The minimum Gasteiger partial charge on any atom is -0.483 e. The number of benzene rings is 2. The summed E-state index contributed by atoms with van der Waals surface area (Å²) in [6.07, 6.45) is 2.18. The van der Waals surface area contributed by atoms with E-state index in [4.69, 9.17) is 9.15 Å². The molecule has 0 aliphatic carbocycles. The third-order valence-electron chi connectivity index (χ3n) is 3.85. The molecule has 0 aliphatic rings. The van der Waals surface area contributed by atoms with Gasteiger partial charge in [-0.3, -0.25) is 14.4 Å². The molecule has 7 nitrogen and oxygen atoms in total. The first kappa shape index (κ1) is 18.9. The SMILES string of the molecule is O=Cc1ccccc1OCC(=O)Nc1ccccc1C(=O)NCc1ccco1. The molecule has 3 rings (SSSR count). The summed E-state index contributed by atoms with van der Waals surface area (Å²) in [6.45, 7) is -0.0626. The molecule has 0 aliphatic heterocycles. The van der Waals surface area contributed by atoms with Crippen LogP contribution in [-0.2, 0) is 11.3 Å². The standard InChI is InChI=1S/C21H18N2O5/c24-13-15-6-1-4-10-19(15)28-14-20(25)23-18-9-3-2-8-17(18)21(26)22-12-16-7-5-11-27-16/h1-11,13H,12,14H2,(H,22,26)(H,23,25). The Labute approximate surface area is 161 Å². The lowest BCUT2D eigenvalue weighted by molar-refractivity contribution is -0.118. The van der Waals surface area contributed by atoms with E-state index >= 15 is 0 Å². The van der Waals surface area contributed by atoms with Gasteiger partial charge in [0.25, 0.3) is 11.8 Å². The van der Waals surface area contributed by atoms with E-state index in [0.717, 1.165) is 0 Å². The van der Waals surface area contributed by atoms with Crippen LogP contribution in [0.25, 0.3) is 0 Å². The molecule has 0 fully saturated rings. The highest BCUT2D eigenvalue weighted by molar-refractivity contribution is 6.04. The number of amides is 2. The van der Waals surface area contributed by atoms with Crippen LogP contribution in [0.5, 0.6) is 5.75 Å². The van der Waals surface area contributed by atoms with Gasteiger partial charge in [-0.25, -0.2) is 0 Å². The number of carbonyl (C=O) groups excluding carboxylic acids is 3. The Morgan fingerprint density at radius 3 is 2.57 bits per heavy atom. The van der Waals surface area contributed by atoms with Crippen molar-refractivity contribution in [3.8, 4) is 5.75 Å². The van der Waals surface area contributed by atoms with Crippen molar-refractivity contribution in [1.29, 1.82) is 0 Å². The number of nitrogens with one attached hydrogen (secondary N) is 2. The molecular formula is C21H18N2O5. The quantitative estimate of drug-likeness (QED) is 0.587.